The van der Waals surface area contributed by atoms with Gasteiger partial charge in [-0.3, -0.25) is 0 Å². The lowest BCUT2D eigenvalue weighted by Crippen LogP contribution is -2.47. The third-order valence-electron chi connectivity index (χ3n) is 7.02. The smallest absolute Gasteiger partial charge is 0.338 e. The molecule has 2 aliphatic carbocycles. The molecule has 2 saturated carbocycles. The fourth-order valence-corrected chi connectivity index (χ4v) is 5.84. The Balaban J connectivity index is 1.48. The summed E-state index contributed by atoms with van der Waals surface area (Å²) in [5.74, 6) is -0.699. The van der Waals surface area contributed by atoms with Gasteiger partial charge in [-0.15, -0.1) is 0 Å². The second-order valence-electron chi connectivity index (χ2n) is 9.03. The minimum Gasteiger partial charge on any atom is -0.458 e. The summed E-state index contributed by atoms with van der Waals surface area (Å²) in [6, 6.07) is 5.74. The number of hydrogen-bond donors (Lipinski definition) is 0. The fraction of sp³-hybridized carbons (Fsp3) is 0.478. The van der Waals surface area contributed by atoms with Gasteiger partial charge in [0, 0.05) is 17.7 Å². The zero-order valence-corrected chi connectivity index (χ0v) is 18.0. The molecule has 1 heterocycles. The summed E-state index contributed by atoms with van der Waals surface area (Å²) in [4.78, 5) is 24.7. The van der Waals surface area contributed by atoms with Crippen LogP contribution in [0.5, 0.6) is 0 Å². The molecule has 4 rings (SSSR count). The molecular weight excluding hydrogens is 404 g/mol. The van der Waals surface area contributed by atoms with E-state index in [0.717, 1.165) is 31.1 Å². The second-order valence-corrected chi connectivity index (χ2v) is 11.0. The van der Waals surface area contributed by atoms with Crippen LogP contribution in [0.25, 0.3) is 0 Å². The molecule has 0 aromatic heterocycles. The maximum absolute atomic E-state index is 12.6. The van der Waals surface area contributed by atoms with Crippen LogP contribution in [-0.4, -0.2) is 38.8 Å². The first-order chi connectivity index (χ1) is 14.0. The monoisotopic (exact) mass is 430 g/mol. The molecule has 1 aromatic rings. The van der Waals surface area contributed by atoms with E-state index in [1.807, 2.05) is 0 Å². The van der Waals surface area contributed by atoms with Crippen molar-refractivity contribution in [3.63, 3.8) is 0 Å². The van der Waals surface area contributed by atoms with Crippen LogP contribution in [0.2, 0.25) is 0 Å². The molecule has 0 radical (unpaired) electrons. The maximum Gasteiger partial charge on any atom is 0.338 e. The molecule has 0 N–H and O–H groups in total. The van der Waals surface area contributed by atoms with Crippen LogP contribution in [-0.2, 0) is 24.1 Å². The van der Waals surface area contributed by atoms with Crippen molar-refractivity contribution in [1.82, 2.24) is 0 Å². The van der Waals surface area contributed by atoms with Crippen LogP contribution < -0.4 is 0 Å². The molecule has 30 heavy (non-hydrogen) atoms. The van der Waals surface area contributed by atoms with Gasteiger partial charge in [-0.05, 0) is 66.9 Å². The highest BCUT2D eigenvalue weighted by atomic mass is 32.2. The number of fused-ring (bicyclic) bond motifs is 2. The number of rotatable bonds is 3. The highest BCUT2D eigenvalue weighted by molar-refractivity contribution is 7.90. The Hall–Kier alpha value is -2.41. The van der Waals surface area contributed by atoms with Crippen molar-refractivity contribution in [3.8, 4) is 0 Å². The summed E-state index contributed by atoms with van der Waals surface area (Å²) >= 11 is 0. The largest absolute Gasteiger partial charge is 0.458 e. The summed E-state index contributed by atoms with van der Waals surface area (Å²) in [5.41, 5.74) is 1.65. The van der Waals surface area contributed by atoms with Crippen LogP contribution >= 0.6 is 0 Å². The van der Waals surface area contributed by atoms with Crippen molar-refractivity contribution >= 4 is 21.8 Å². The predicted octanol–water partition coefficient (Wildman–Crippen LogP) is 3.48. The van der Waals surface area contributed by atoms with E-state index in [1.54, 1.807) is 0 Å². The molecule has 3 fully saturated rings. The lowest BCUT2D eigenvalue weighted by molar-refractivity contribution is -0.142. The number of benzene rings is 1. The molecule has 5 atom stereocenters. The summed E-state index contributed by atoms with van der Waals surface area (Å²) in [6.07, 6.45) is 3.58. The SMILES string of the molecule is C=C1C(=O)O[C@@H]2C[C@@]3(C)CC[C@@H](OC(=O)c4ccc(S(C)(=O)=O)cc4)C(=C)[C@@H]3C[C@H]12. The number of carbonyl (C=O) groups is 2. The number of hydrogen-bond acceptors (Lipinski definition) is 6. The van der Waals surface area contributed by atoms with Gasteiger partial charge in [-0.25, -0.2) is 18.0 Å². The average Bonchev–Trinajstić information content (AvgIpc) is 2.95. The van der Waals surface area contributed by atoms with E-state index >= 15 is 0 Å². The van der Waals surface area contributed by atoms with E-state index in [9.17, 15) is 18.0 Å². The molecule has 6 nitrogen and oxygen atoms in total. The average molecular weight is 431 g/mol. The zero-order chi connectivity index (χ0) is 21.8. The second kappa shape index (κ2) is 7.08. The van der Waals surface area contributed by atoms with Crippen molar-refractivity contribution in [1.29, 1.82) is 0 Å². The Morgan fingerprint density at radius 2 is 1.90 bits per heavy atom. The highest BCUT2D eigenvalue weighted by Gasteiger charge is 2.54. The first kappa shape index (κ1) is 20.8. The Labute approximate surface area is 176 Å². The molecular formula is C23H26O6S. The Kier molecular flexibility index (Phi) is 4.92. The topological polar surface area (TPSA) is 86.7 Å². The molecule has 1 aromatic carbocycles. The van der Waals surface area contributed by atoms with Gasteiger partial charge in [0.15, 0.2) is 9.84 Å². The van der Waals surface area contributed by atoms with Crippen LogP contribution in [0, 0.1) is 17.3 Å². The number of ether oxygens (including phenoxy) is 2. The van der Waals surface area contributed by atoms with Crippen molar-refractivity contribution in [2.45, 2.75) is 49.7 Å². The van der Waals surface area contributed by atoms with Crippen LogP contribution in [0.1, 0.15) is 43.0 Å². The van der Waals surface area contributed by atoms with Crippen molar-refractivity contribution in [2.24, 2.45) is 17.3 Å². The van der Waals surface area contributed by atoms with Crippen LogP contribution in [0.4, 0.5) is 0 Å². The van der Waals surface area contributed by atoms with E-state index < -0.39 is 21.9 Å². The summed E-state index contributed by atoms with van der Waals surface area (Å²) in [7, 11) is -3.32. The van der Waals surface area contributed by atoms with Gasteiger partial charge in [0.1, 0.15) is 12.2 Å². The Morgan fingerprint density at radius 3 is 2.53 bits per heavy atom. The third-order valence-corrected chi connectivity index (χ3v) is 8.15. The molecule has 7 heteroatoms. The molecule has 1 aliphatic heterocycles. The first-order valence-electron chi connectivity index (χ1n) is 10.1. The lowest BCUT2D eigenvalue weighted by atomic mass is 9.55. The molecule has 0 bridgehead atoms. The van der Waals surface area contributed by atoms with E-state index in [4.69, 9.17) is 9.47 Å². The van der Waals surface area contributed by atoms with Gasteiger partial charge in [0.2, 0.25) is 0 Å². The Bertz CT molecular complexity index is 1040. The van der Waals surface area contributed by atoms with Crippen LogP contribution in [0.15, 0.2) is 53.5 Å². The van der Waals surface area contributed by atoms with Gasteiger partial charge in [0.05, 0.1) is 10.5 Å². The van der Waals surface area contributed by atoms with Gasteiger partial charge < -0.3 is 9.47 Å². The van der Waals surface area contributed by atoms with Gasteiger partial charge in [-0.1, -0.05) is 20.1 Å². The van der Waals surface area contributed by atoms with E-state index in [-0.39, 0.29) is 34.2 Å². The quantitative estimate of drug-likeness (QED) is 0.415. The minimum absolute atomic E-state index is 0.00897. The molecule has 3 aliphatic rings. The lowest BCUT2D eigenvalue weighted by Gasteiger charge is -2.51. The van der Waals surface area contributed by atoms with E-state index in [1.165, 1.54) is 24.3 Å². The molecule has 1 saturated heterocycles. The summed E-state index contributed by atoms with van der Waals surface area (Å²) in [5, 5.41) is 0. The van der Waals surface area contributed by atoms with Crippen molar-refractivity contribution in [3.05, 3.63) is 54.1 Å². The number of carbonyl (C=O) groups excluding carboxylic acids is 2. The van der Waals surface area contributed by atoms with Gasteiger partial charge in [-0.2, -0.15) is 0 Å². The molecule has 0 spiro atoms. The normalized spacial score (nSPS) is 33.5. The minimum atomic E-state index is -3.32. The van der Waals surface area contributed by atoms with E-state index in [2.05, 4.69) is 20.1 Å². The van der Waals surface area contributed by atoms with Gasteiger partial charge >= 0.3 is 11.9 Å². The Morgan fingerprint density at radius 1 is 1.23 bits per heavy atom. The fourth-order valence-electron chi connectivity index (χ4n) is 5.21. The number of sulfone groups is 1. The van der Waals surface area contributed by atoms with E-state index in [0.29, 0.717) is 17.6 Å². The standard InChI is InChI=1S/C23H26O6S/c1-13-17-11-18-14(2)19(9-10-23(18,3)12-20(17)29-21(13)24)28-22(25)15-5-7-16(8-6-15)30(4,26)27/h5-8,17-20H,1-2,9-12H2,3-4H3/t17-,18+,19-,20-,23-/m1/s1. The van der Waals surface area contributed by atoms with Crippen molar-refractivity contribution < 1.29 is 27.5 Å². The molecule has 160 valence electrons. The summed E-state index contributed by atoms with van der Waals surface area (Å²) < 4.78 is 34.5. The molecule has 0 unspecified atom stereocenters. The highest BCUT2D eigenvalue weighted by Crippen LogP contribution is 2.57. The molecule has 0 amide bonds. The first-order valence-corrected chi connectivity index (χ1v) is 12.0. The van der Waals surface area contributed by atoms with Crippen molar-refractivity contribution in [2.75, 3.05) is 6.26 Å². The number of esters is 2. The van der Waals surface area contributed by atoms with Gasteiger partial charge in [0.25, 0.3) is 0 Å². The third kappa shape index (κ3) is 3.49. The zero-order valence-electron chi connectivity index (χ0n) is 17.2. The van der Waals surface area contributed by atoms with Crippen LogP contribution in [0.3, 0.4) is 0 Å². The summed E-state index contributed by atoms with van der Waals surface area (Å²) in [6.45, 7) is 10.4. The predicted molar refractivity (Wildman–Crippen MR) is 110 cm³/mol. The maximum atomic E-state index is 12.6.